The number of nitro benzene ring substituents is 1. The Bertz CT molecular complexity index is 559. The number of amides is 1. The molecule has 1 aromatic carbocycles. The zero-order valence-electron chi connectivity index (χ0n) is 11.8. The van der Waals surface area contributed by atoms with E-state index in [1.807, 2.05) is 0 Å². The van der Waals surface area contributed by atoms with Crippen molar-refractivity contribution >= 4 is 23.3 Å². The number of hydrogen-bond acceptors (Lipinski definition) is 5. The molecule has 0 spiro atoms. The summed E-state index contributed by atoms with van der Waals surface area (Å²) in [5.74, 6) is -1.84. The maximum atomic E-state index is 11.5. The van der Waals surface area contributed by atoms with E-state index in [4.69, 9.17) is 5.11 Å². The van der Waals surface area contributed by atoms with Crippen LogP contribution in [-0.4, -0.2) is 35.5 Å². The number of carboxylic acids is 1. The summed E-state index contributed by atoms with van der Waals surface area (Å²) in [6.07, 6.45) is 0.316. The lowest BCUT2D eigenvalue weighted by Crippen LogP contribution is -2.18. The van der Waals surface area contributed by atoms with E-state index in [0.29, 0.717) is 6.42 Å². The minimum absolute atomic E-state index is 0.161. The fraction of sp³-hybridized carbons (Fsp3) is 0.385. The van der Waals surface area contributed by atoms with Crippen molar-refractivity contribution in [2.24, 2.45) is 5.92 Å². The van der Waals surface area contributed by atoms with Gasteiger partial charge in [0.2, 0.25) is 0 Å². The molecule has 0 fully saturated rings. The van der Waals surface area contributed by atoms with Gasteiger partial charge < -0.3 is 15.7 Å². The molecule has 0 bridgehead atoms. The Morgan fingerprint density at radius 1 is 1.43 bits per heavy atom. The molecular formula is C13H17N3O5. The topological polar surface area (TPSA) is 122 Å². The first-order valence-corrected chi connectivity index (χ1v) is 6.34. The Morgan fingerprint density at radius 3 is 2.62 bits per heavy atom. The third-order valence-electron chi connectivity index (χ3n) is 3.00. The normalized spacial score (nSPS) is 11.5. The van der Waals surface area contributed by atoms with Gasteiger partial charge in [0.05, 0.1) is 10.8 Å². The van der Waals surface area contributed by atoms with E-state index in [0.717, 1.165) is 0 Å². The van der Waals surface area contributed by atoms with E-state index in [-0.39, 0.29) is 29.4 Å². The molecule has 0 aliphatic rings. The maximum Gasteiger partial charge on any atom is 0.306 e. The molecular weight excluding hydrogens is 278 g/mol. The van der Waals surface area contributed by atoms with Crippen LogP contribution in [0.4, 0.5) is 11.4 Å². The second-order valence-electron chi connectivity index (χ2n) is 4.52. The fourth-order valence-electron chi connectivity index (χ4n) is 1.67. The monoisotopic (exact) mass is 295 g/mol. The first-order valence-electron chi connectivity index (χ1n) is 6.34. The van der Waals surface area contributed by atoms with Gasteiger partial charge in [-0.1, -0.05) is 6.92 Å². The molecule has 1 amide bonds. The molecule has 0 aliphatic carbocycles. The molecule has 0 saturated heterocycles. The van der Waals surface area contributed by atoms with E-state index in [2.05, 4.69) is 10.6 Å². The molecule has 1 atom stereocenters. The average Bonchev–Trinajstić information content (AvgIpc) is 2.45. The SMILES string of the molecule is CNC(=O)c1ccc([N+](=O)[O-])c(NCCC(C)C(=O)O)c1. The van der Waals surface area contributed by atoms with Crippen molar-refractivity contribution in [1.82, 2.24) is 5.32 Å². The average molecular weight is 295 g/mol. The molecule has 0 aromatic heterocycles. The Labute approximate surface area is 121 Å². The summed E-state index contributed by atoms with van der Waals surface area (Å²) in [5, 5.41) is 25.0. The van der Waals surface area contributed by atoms with E-state index >= 15 is 0 Å². The molecule has 114 valence electrons. The van der Waals surface area contributed by atoms with Gasteiger partial charge in [-0.05, 0) is 18.6 Å². The number of nitrogens with one attached hydrogen (secondary N) is 2. The van der Waals surface area contributed by atoms with E-state index in [1.165, 1.54) is 25.2 Å². The van der Waals surface area contributed by atoms with Gasteiger partial charge in [0.15, 0.2) is 0 Å². The lowest BCUT2D eigenvalue weighted by molar-refractivity contribution is -0.384. The molecule has 1 unspecified atom stereocenters. The van der Waals surface area contributed by atoms with E-state index < -0.39 is 16.8 Å². The van der Waals surface area contributed by atoms with Gasteiger partial charge in [0, 0.05) is 25.2 Å². The number of aliphatic carboxylic acids is 1. The number of carbonyl (C=O) groups excluding carboxylic acids is 1. The number of benzene rings is 1. The largest absolute Gasteiger partial charge is 0.481 e. The van der Waals surface area contributed by atoms with Crippen LogP contribution < -0.4 is 10.6 Å². The van der Waals surface area contributed by atoms with Gasteiger partial charge in [0.25, 0.3) is 11.6 Å². The zero-order valence-corrected chi connectivity index (χ0v) is 11.8. The predicted molar refractivity (Wildman–Crippen MR) is 76.4 cm³/mol. The Balaban J connectivity index is 2.88. The summed E-state index contributed by atoms with van der Waals surface area (Å²) in [4.78, 5) is 32.6. The second kappa shape index (κ2) is 7.22. The number of anilines is 1. The highest BCUT2D eigenvalue weighted by atomic mass is 16.6. The minimum atomic E-state index is -0.926. The number of nitro groups is 1. The summed E-state index contributed by atoms with van der Waals surface area (Å²) in [7, 11) is 1.46. The first-order chi connectivity index (χ1) is 9.86. The van der Waals surface area contributed by atoms with Crippen LogP contribution in [0.1, 0.15) is 23.7 Å². The first kappa shape index (κ1) is 16.4. The fourth-order valence-corrected chi connectivity index (χ4v) is 1.67. The van der Waals surface area contributed by atoms with Gasteiger partial charge in [-0.15, -0.1) is 0 Å². The Kier molecular flexibility index (Phi) is 5.65. The molecule has 0 heterocycles. The third kappa shape index (κ3) is 4.44. The molecule has 8 heteroatoms. The summed E-state index contributed by atoms with van der Waals surface area (Å²) in [5.41, 5.74) is 0.321. The number of carbonyl (C=O) groups is 2. The quantitative estimate of drug-likeness (QED) is 0.517. The van der Waals surface area contributed by atoms with Crippen LogP contribution in [0, 0.1) is 16.0 Å². The Morgan fingerprint density at radius 2 is 2.10 bits per heavy atom. The molecule has 8 nitrogen and oxygen atoms in total. The highest BCUT2D eigenvalue weighted by molar-refractivity contribution is 5.95. The van der Waals surface area contributed by atoms with Crippen LogP contribution in [0.25, 0.3) is 0 Å². The van der Waals surface area contributed by atoms with Crippen LogP contribution in [0.15, 0.2) is 18.2 Å². The van der Waals surface area contributed by atoms with Crippen molar-refractivity contribution in [1.29, 1.82) is 0 Å². The number of carboxylic acid groups (broad SMARTS) is 1. The number of rotatable bonds is 7. The van der Waals surface area contributed by atoms with Crippen LogP contribution in [-0.2, 0) is 4.79 Å². The van der Waals surface area contributed by atoms with Crippen LogP contribution in [0.2, 0.25) is 0 Å². The molecule has 1 aromatic rings. The van der Waals surface area contributed by atoms with Crippen molar-refractivity contribution in [3.05, 3.63) is 33.9 Å². The van der Waals surface area contributed by atoms with Crippen molar-refractivity contribution in [2.75, 3.05) is 18.9 Å². The van der Waals surface area contributed by atoms with E-state index in [9.17, 15) is 19.7 Å². The maximum absolute atomic E-state index is 11.5. The van der Waals surface area contributed by atoms with Gasteiger partial charge >= 0.3 is 5.97 Å². The van der Waals surface area contributed by atoms with Crippen LogP contribution >= 0.6 is 0 Å². The van der Waals surface area contributed by atoms with Crippen molar-refractivity contribution in [3.63, 3.8) is 0 Å². The van der Waals surface area contributed by atoms with Gasteiger partial charge in [-0.3, -0.25) is 19.7 Å². The summed E-state index contributed by atoms with van der Waals surface area (Å²) in [6, 6.07) is 3.98. The van der Waals surface area contributed by atoms with E-state index in [1.54, 1.807) is 6.92 Å². The number of nitrogens with zero attached hydrogens (tertiary/aromatic N) is 1. The second-order valence-corrected chi connectivity index (χ2v) is 4.52. The molecule has 0 saturated carbocycles. The third-order valence-corrected chi connectivity index (χ3v) is 3.00. The minimum Gasteiger partial charge on any atom is -0.481 e. The molecule has 0 aliphatic heterocycles. The molecule has 0 radical (unpaired) electrons. The summed E-state index contributed by atoms with van der Waals surface area (Å²) < 4.78 is 0. The zero-order chi connectivity index (χ0) is 16.0. The molecule has 1 rings (SSSR count). The molecule has 21 heavy (non-hydrogen) atoms. The lowest BCUT2D eigenvalue weighted by atomic mass is 10.1. The summed E-state index contributed by atoms with van der Waals surface area (Å²) in [6.45, 7) is 1.81. The van der Waals surface area contributed by atoms with Gasteiger partial charge in [-0.2, -0.15) is 0 Å². The smallest absolute Gasteiger partial charge is 0.306 e. The van der Waals surface area contributed by atoms with Gasteiger partial charge in [-0.25, -0.2) is 0 Å². The lowest BCUT2D eigenvalue weighted by Gasteiger charge is -2.10. The summed E-state index contributed by atoms with van der Waals surface area (Å²) >= 11 is 0. The predicted octanol–water partition coefficient (Wildman–Crippen LogP) is 1.48. The number of hydrogen-bond donors (Lipinski definition) is 3. The molecule has 3 N–H and O–H groups in total. The van der Waals surface area contributed by atoms with Crippen molar-refractivity contribution in [2.45, 2.75) is 13.3 Å². The standard InChI is InChI=1S/C13H17N3O5/c1-8(13(18)19)5-6-15-10-7-9(12(17)14-2)3-4-11(10)16(20)21/h3-4,7-8,15H,5-6H2,1-2H3,(H,14,17)(H,18,19). The Hall–Kier alpha value is -2.64. The van der Waals surface area contributed by atoms with Crippen molar-refractivity contribution < 1.29 is 19.6 Å². The van der Waals surface area contributed by atoms with Gasteiger partial charge in [0.1, 0.15) is 5.69 Å². The van der Waals surface area contributed by atoms with Crippen LogP contribution in [0.5, 0.6) is 0 Å². The highest BCUT2D eigenvalue weighted by Gasteiger charge is 2.17. The highest BCUT2D eigenvalue weighted by Crippen LogP contribution is 2.25. The van der Waals surface area contributed by atoms with Crippen molar-refractivity contribution in [3.8, 4) is 0 Å². The van der Waals surface area contributed by atoms with Crippen LogP contribution in [0.3, 0.4) is 0 Å².